The first-order valence-electron chi connectivity index (χ1n) is 5.35. The second-order valence-corrected chi connectivity index (χ2v) is 6.84. The zero-order chi connectivity index (χ0) is 13.9. The molecule has 0 fully saturated rings. The van der Waals surface area contributed by atoms with Crippen molar-refractivity contribution in [2.24, 2.45) is 0 Å². The Hall–Kier alpha value is -1.09. The van der Waals surface area contributed by atoms with Crippen LogP contribution < -0.4 is 4.72 Å². The first-order chi connectivity index (χ1) is 8.99. The zero-order valence-corrected chi connectivity index (χ0v) is 12.3. The van der Waals surface area contributed by atoms with Crippen molar-refractivity contribution in [2.45, 2.75) is 17.7 Å². The second kappa shape index (κ2) is 5.91. The Morgan fingerprint density at radius 1 is 1.37 bits per heavy atom. The van der Waals surface area contributed by atoms with Crippen LogP contribution in [0.2, 0.25) is 5.28 Å². The molecule has 0 aromatic carbocycles. The van der Waals surface area contributed by atoms with E-state index in [2.05, 4.69) is 19.7 Å². The number of sulfonamides is 1. The highest BCUT2D eigenvalue weighted by Crippen LogP contribution is 2.17. The summed E-state index contributed by atoms with van der Waals surface area (Å²) in [7, 11) is -3.62. The van der Waals surface area contributed by atoms with Gasteiger partial charge in [0.25, 0.3) is 0 Å². The Morgan fingerprint density at radius 2 is 2.05 bits per heavy atom. The lowest BCUT2D eigenvalue weighted by Crippen LogP contribution is -2.27. The van der Waals surface area contributed by atoms with E-state index >= 15 is 0 Å². The summed E-state index contributed by atoms with van der Waals surface area (Å²) in [6.45, 7) is 2.16. The largest absolute Gasteiger partial charge is 0.249 e. The minimum Gasteiger partial charge on any atom is -0.249 e. The van der Waals surface area contributed by atoms with Gasteiger partial charge in [0.05, 0.1) is 17.4 Å². The molecule has 0 radical (unpaired) electrons. The number of aromatic nitrogens is 3. The molecule has 2 aromatic rings. The minimum absolute atomic E-state index is 0.00277. The van der Waals surface area contributed by atoms with Crippen molar-refractivity contribution in [3.05, 3.63) is 34.3 Å². The summed E-state index contributed by atoms with van der Waals surface area (Å²) in [4.78, 5) is 11.4. The SMILES string of the molecule is CC(CNS(=O)(=O)c1cnc(Cl)nc1)c1nccs1. The molecule has 0 aliphatic heterocycles. The number of hydrogen-bond acceptors (Lipinski definition) is 6. The van der Waals surface area contributed by atoms with Crippen molar-refractivity contribution in [3.63, 3.8) is 0 Å². The zero-order valence-electron chi connectivity index (χ0n) is 9.95. The predicted molar refractivity (Wildman–Crippen MR) is 72.8 cm³/mol. The fourth-order valence-electron chi connectivity index (χ4n) is 1.32. The summed E-state index contributed by atoms with van der Waals surface area (Å²) in [6.07, 6.45) is 4.04. The van der Waals surface area contributed by atoms with Crippen LogP contribution in [0.5, 0.6) is 0 Å². The Kier molecular flexibility index (Phi) is 4.46. The molecule has 1 unspecified atom stereocenters. The van der Waals surface area contributed by atoms with Crippen LogP contribution in [0.3, 0.4) is 0 Å². The van der Waals surface area contributed by atoms with Crippen molar-refractivity contribution in [1.82, 2.24) is 19.7 Å². The maximum atomic E-state index is 12.0. The smallest absolute Gasteiger partial charge is 0.243 e. The van der Waals surface area contributed by atoms with Crippen LogP contribution in [-0.2, 0) is 10.0 Å². The lowest BCUT2D eigenvalue weighted by atomic mass is 10.2. The lowest BCUT2D eigenvalue weighted by molar-refractivity contribution is 0.573. The van der Waals surface area contributed by atoms with E-state index in [1.807, 2.05) is 12.3 Å². The third-order valence-corrected chi connectivity index (χ3v) is 4.94. The molecule has 6 nitrogen and oxygen atoms in total. The number of nitrogens with one attached hydrogen (secondary N) is 1. The van der Waals surface area contributed by atoms with E-state index in [9.17, 15) is 8.42 Å². The fraction of sp³-hybridized carbons (Fsp3) is 0.300. The Labute approximate surface area is 119 Å². The summed E-state index contributed by atoms with van der Waals surface area (Å²) in [5.41, 5.74) is 0. The molecule has 0 aliphatic carbocycles. The summed E-state index contributed by atoms with van der Waals surface area (Å²) >= 11 is 7.00. The molecule has 0 saturated heterocycles. The molecular weight excluding hydrogens is 308 g/mol. The third kappa shape index (κ3) is 3.69. The van der Waals surface area contributed by atoms with E-state index in [0.29, 0.717) is 0 Å². The monoisotopic (exact) mass is 318 g/mol. The molecule has 19 heavy (non-hydrogen) atoms. The molecule has 2 heterocycles. The Bertz CT molecular complexity index is 628. The molecule has 102 valence electrons. The van der Waals surface area contributed by atoms with Gasteiger partial charge in [-0.15, -0.1) is 11.3 Å². The van der Waals surface area contributed by atoms with Gasteiger partial charge in [-0.3, -0.25) is 0 Å². The standard InChI is InChI=1S/C10H11ClN4O2S2/c1-7(9-12-2-3-18-9)4-15-19(16,17)8-5-13-10(11)14-6-8/h2-3,5-7,15H,4H2,1H3. The molecular formula is C10H11ClN4O2S2. The highest BCUT2D eigenvalue weighted by Gasteiger charge is 2.17. The lowest BCUT2D eigenvalue weighted by Gasteiger charge is -2.10. The molecule has 0 aliphatic rings. The molecule has 0 bridgehead atoms. The average molecular weight is 319 g/mol. The number of hydrogen-bond donors (Lipinski definition) is 1. The van der Waals surface area contributed by atoms with Gasteiger partial charge >= 0.3 is 0 Å². The summed E-state index contributed by atoms with van der Waals surface area (Å²) in [5.74, 6) is 0.00277. The van der Waals surface area contributed by atoms with Crippen molar-refractivity contribution in [3.8, 4) is 0 Å². The first-order valence-corrected chi connectivity index (χ1v) is 8.10. The molecule has 1 atom stereocenters. The van der Waals surface area contributed by atoms with E-state index in [4.69, 9.17) is 11.6 Å². The summed E-state index contributed by atoms with van der Waals surface area (Å²) in [5, 5.41) is 2.75. The van der Waals surface area contributed by atoms with Gasteiger partial charge in [0.2, 0.25) is 15.3 Å². The van der Waals surface area contributed by atoms with Crippen LogP contribution in [0.15, 0.2) is 28.9 Å². The summed E-state index contributed by atoms with van der Waals surface area (Å²) < 4.78 is 26.4. The van der Waals surface area contributed by atoms with Crippen LogP contribution in [0.4, 0.5) is 0 Å². The van der Waals surface area contributed by atoms with Gasteiger partial charge in [-0.1, -0.05) is 6.92 Å². The number of nitrogens with zero attached hydrogens (tertiary/aromatic N) is 3. The topological polar surface area (TPSA) is 84.8 Å². The van der Waals surface area contributed by atoms with Crippen molar-refractivity contribution in [2.75, 3.05) is 6.54 Å². The summed E-state index contributed by atoms with van der Waals surface area (Å²) in [6, 6.07) is 0. The van der Waals surface area contributed by atoms with Crippen molar-refractivity contribution >= 4 is 33.0 Å². The van der Waals surface area contributed by atoms with Gasteiger partial charge < -0.3 is 0 Å². The van der Waals surface area contributed by atoms with Gasteiger partial charge in [0.15, 0.2) is 0 Å². The fourth-order valence-corrected chi connectivity index (χ4v) is 3.14. The van der Waals surface area contributed by atoms with E-state index in [-0.39, 0.29) is 22.6 Å². The highest BCUT2D eigenvalue weighted by molar-refractivity contribution is 7.89. The highest BCUT2D eigenvalue weighted by atomic mass is 35.5. The van der Waals surface area contributed by atoms with Crippen LogP contribution in [0, 0.1) is 0 Å². The maximum Gasteiger partial charge on any atom is 0.243 e. The Balaban J connectivity index is 2.04. The normalized spacial score (nSPS) is 13.4. The van der Waals surface area contributed by atoms with Crippen LogP contribution in [0.1, 0.15) is 17.8 Å². The van der Waals surface area contributed by atoms with Gasteiger partial charge in [-0.2, -0.15) is 0 Å². The predicted octanol–water partition coefficient (Wildman–Crippen LogP) is 1.67. The van der Waals surface area contributed by atoms with Crippen LogP contribution in [-0.4, -0.2) is 29.9 Å². The number of thiazole rings is 1. The van der Waals surface area contributed by atoms with Crippen molar-refractivity contribution in [1.29, 1.82) is 0 Å². The average Bonchev–Trinajstić information content (AvgIpc) is 2.90. The maximum absolute atomic E-state index is 12.0. The first kappa shape index (κ1) is 14.3. The molecule has 0 saturated carbocycles. The van der Waals surface area contributed by atoms with Gasteiger partial charge in [-0.05, 0) is 11.6 Å². The molecule has 2 aromatic heterocycles. The van der Waals surface area contributed by atoms with E-state index in [0.717, 1.165) is 5.01 Å². The molecule has 0 spiro atoms. The molecule has 2 rings (SSSR count). The van der Waals surface area contributed by atoms with Gasteiger partial charge in [0.1, 0.15) is 4.90 Å². The molecule has 1 N–H and O–H groups in total. The van der Waals surface area contributed by atoms with E-state index < -0.39 is 10.0 Å². The van der Waals surface area contributed by atoms with Gasteiger partial charge in [0, 0.05) is 24.0 Å². The number of halogens is 1. The quantitative estimate of drug-likeness (QED) is 0.848. The van der Waals surface area contributed by atoms with Gasteiger partial charge in [-0.25, -0.2) is 28.1 Å². The van der Waals surface area contributed by atoms with Crippen LogP contribution in [0.25, 0.3) is 0 Å². The van der Waals surface area contributed by atoms with E-state index in [1.54, 1.807) is 6.20 Å². The second-order valence-electron chi connectivity index (χ2n) is 3.81. The third-order valence-electron chi connectivity index (χ3n) is 2.36. The van der Waals surface area contributed by atoms with E-state index in [1.165, 1.54) is 23.7 Å². The van der Waals surface area contributed by atoms with Crippen molar-refractivity contribution < 1.29 is 8.42 Å². The molecule has 9 heteroatoms. The Morgan fingerprint density at radius 3 is 2.63 bits per heavy atom. The number of rotatable bonds is 5. The van der Waals surface area contributed by atoms with Crippen LogP contribution >= 0.6 is 22.9 Å². The minimum atomic E-state index is -3.62. The molecule has 0 amide bonds.